The zero-order valence-corrected chi connectivity index (χ0v) is 7.39. The first kappa shape index (κ1) is 8.57. The van der Waals surface area contributed by atoms with Crippen molar-refractivity contribution in [3.63, 3.8) is 0 Å². The van der Waals surface area contributed by atoms with Gasteiger partial charge in [-0.1, -0.05) is 20.3 Å². The number of carbonyl (C=O) groups excluding carboxylic acids is 1. The average Bonchev–Trinajstić information content (AvgIpc) is 2.72. The summed E-state index contributed by atoms with van der Waals surface area (Å²) in [6.07, 6.45) is 4.48. The van der Waals surface area contributed by atoms with Crippen molar-refractivity contribution in [2.45, 2.75) is 45.6 Å². The van der Waals surface area contributed by atoms with E-state index in [9.17, 15) is 4.79 Å². The third-order valence-electron chi connectivity index (χ3n) is 2.09. The minimum Gasteiger partial charge on any atom is -0.353 e. The molecule has 0 bridgehead atoms. The van der Waals surface area contributed by atoms with Crippen LogP contribution >= 0.6 is 0 Å². The van der Waals surface area contributed by atoms with Crippen LogP contribution in [0.15, 0.2) is 0 Å². The zero-order chi connectivity index (χ0) is 8.27. The molecule has 0 aromatic heterocycles. The van der Waals surface area contributed by atoms with Crippen LogP contribution in [0.2, 0.25) is 0 Å². The lowest BCUT2D eigenvalue weighted by molar-refractivity contribution is -0.124. The van der Waals surface area contributed by atoms with Crippen LogP contribution < -0.4 is 5.32 Å². The molecule has 0 aliphatic heterocycles. The van der Waals surface area contributed by atoms with Crippen molar-refractivity contribution in [1.82, 2.24) is 5.32 Å². The van der Waals surface area contributed by atoms with Gasteiger partial charge in [0, 0.05) is 12.0 Å². The molecule has 0 saturated heterocycles. The van der Waals surface area contributed by atoms with Gasteiger partial charge in [-0.05, 0) is 19.3 Å². The lowest BCUT2D eigenvalue weighted by Gasteiger charge is -2.09. The van der Waals surface area contributed by atoms with E-state index in [-0.39, 0.29) is 11.8 Å². The predicted molar refractivity (Wildman–Crippen MR) is 45.2 cm³/mol. The van der Waals surface area contributed by atoms with Gasteiger partial charge in [0.1, 0.15) is 0 Å². The van der Waals surface area contributed by atoms with E-state index in [2.05, 4.69) is 12.2 Å². The highest BCUT2D eigenvalue weighted by atomic mass is 16.1. The summed E-state index contributed by atoms with van der Waals surface area (Å²) < 4.78 is 0. The summed E-state index contributed by atoms with van der Waals surface area (Å²) in [6.45, 7) is 4.11. The molecule has 1 atom stereocenters. The van der Waals surface area contributed by atoms with E-state index in [0.717, 1.165) is 12.8 Å². The Morgan fingerprint density at radius 1 is 1.64 bits per heavy atom. The summed E-state index contributed by atoms with van der Waals surface area (Å²) in [6, 6.07) is 0.516. The molecule has 1 amide bonds. The molecule has 1 aliphatic carbocycles. The molecule has 0 radical (unpaired) electrons. The summed E-state index contributed by atoms with van der Waals surface area (Å²) in [5.74, 6) is 0.454. The molecular weight excluding hydrogens is 138 g/mol. The smallest absolute Gasteiger partial charge is 0.223 e. The van der Waals surface area contributed by atoms with Crippen LogP contribution in [-0.4, -0.2) is 11.9 Å². The van der Waals surface area contributed by atoms with Gasteiger partial charge in [0.2, 0.25) is 5.91 Å². The normalized spacial score (nSPS) is 19.5. The van der Waals surface area contributed by atoms with Gasteiger partial charge in [-0.25, -0.2) is 0 Å². The SMILES string of the molecule is CCCC(C)C(=O)NC1CC1. The summed E-state index contributed by atoms with van der Waals surface area (Å²) in [5.41, 5.74) is 0. The van der Waals surface area contributed by atoms with E-state index >= 15 is 0 Å². The molecule has 0 heterocycles. The number of rotatable bonds is 4. The fourth-order valence-electron chi connectivity index (χ4n) is 1.14. The molecule has 2 heteroatoms. The lowest BCUT2D eigenvalue weighted by Crippen LogP contribution is -2.30. The second kappa shape index (κ2) is 3.74. The van der Waals surface area contributed by atoms with Gasteiger partial charge >= 0.3 is 0 Å². The Bertz CT molecular complexity index is 140. The van der Waals surface area contributed by atoms with E-state index in [1.807, 2.05) is 6.92 Å². The maximum atomic E-state index is 11.3. The fourth-order valence-corrected chi connectivity index (χ4v) is 1.14. The topological polar surface area (TPSA) is 29.1 Å². The van der Waals surface area contributed by atoms with Crippen molar-refractivity contribution >= 4 is 5.91 Å². The van der Waals surface area contributed by atoms with Gasteiger partial charge in [0.25, 0.3) is 0 Å². The quantitative estimate of drug-likeness (QED) is 0.657. The Kier molecular flexibility index (Phi) is 2.92. The van der Waals surface area contributed by atoms with E-state index in [0.29, 0.717) is 6.04 Å². The van der Waals surface area contributed by atoms with Crippen LogP contribution in [0.1, 0.15) is 39.5 Å². The summed E-state index contributed by atoms with van der Waals surface area (Å²) in [5, 5.41) is 3.00. The number of hydrogen-bond donors (Lipinski definition) is 1. The molecule has 0 aromatic rings. The molecule has 64 valence electrons. The second-order valence-corrected chi connectivity index (χ2v) is 3.47. The van der Waals surface area contributed by atoms with E-state index in [1.54, 1.807) is 0 Å². The van der Waals surface area contributed by atoms with Gasteiger partial charge in [-0.2, -0.15) is 0 Å². The fraction of sp³-hybridized carbons (Fsp3) is 0.889. The monoisotopic (exact) mass is 155 g/mol. The third-order valence-corrected chi connectivity index (χ3v) is 2.09. The molecule has 2 nitrogen and oxygen atoms in total. The standard InChI is InChI=1S/C9H17NO/c1-3-4-7(2)9(11)10-8-5-6-8/h7-8H,3-6H2,1-2H3,(H,10,11). The van der Waals surface area contributed by atoms with Gasteiger partial charge < -0.3 is 5.32 Å². The Morgan fingerprint density at radius 2 is 2.27 bits per heavy atom. The van der Waals surface area contributed by atoms with Crippen molar-refractivity contribution in [1.29, 1.82) is 0 Å². The van der Waals surface area contributed by atoms with Crippen LogP contribution in [0.3, 0.4) is 0 Å². The van der Waals surface area contributed by atoms with E-state index < -0.39 is 0 Å². The van der Waals surface area contributed by atoms with Crippen molar-refractivity contribution < 1.29 is 4.79 Å². The van der Waals surface area contributed by atoms with Gasteiger partial charge in [-0.3, -0.25) is 4.79 Å². The molecule has 11 heavy (non-hydrogen) atoms. The number of hydrogen-bond acceptors (Lipinski definition) is 1. The minimum atomic E-state index is 0.209. The van der Waals surface area contributed by atoms with Crippen molar-refractivity contribution in [2.24, 2.45) is 5.92 Å². The average molecular weight is 155 g/mol. The zero-order valence-electron chi connectivity index (χ0n) is 7.39. The molecule has 1 saturated carbocycles. The number of carbonyl (C=O) groups is 1. The van der Waals surface area contributed by atoms with Crippen molar-refractivity contribution in [3.05, 3.63) is 0 Å². The minimum absolute atomic E-state index is 0.209. The number of amides is 1. The number of nitrogens with one attached hydrogen (secondary N) is 1. The van der Waals surface area contributed by atoms with Gasteiger partial charge in [-0.15, -0.1) is 0 Å². The Balaban J connectivity index is 2.15. The first-order valence-electron chi connectivity index (χ1n) is 4.54. The van der Waals surface area contributed by atoms with Gasteiger partial charge in [0.15, 0.2) is 0 Å². The first-order chi connectivity index (χ1) is 5.24. The molecule has 1 unspecified atom stereocenters. The van der Waals surface area contributed by atoms with E-state index in [1.165, 1.54) is 12.8 Å². The second-order valence-electron chi connectivity index (χ2n) is 3.47. The maximum Gasteiger partial charge on any atom is 0.223 e. The van der Waals surface area contributed by atoms with E-state index in [4.69, 9.17) is 0 Å². The molecule has 1 rings (SSSR count). The van der Waals surface area contributed by atoms with Crippen LogP contribution in [0.25, 0.3) is 0 Å². The summed E-state index contributed by atoms with van der Waals surface area (Å²) in [7, 11) is 0. The molecule has 1 N–H and O–H groups in total. The lowest BCUT2D eigenvalue weighted by atomic mass is 10.1. The van der Waals surface area contributed by atoms with Crippen LogP contribution in [-0.2, 0) is 4.79 Å². The largest absolute Gasteiger partial charge is 0.353 e. The first-order valence-corrected chi connectivity index (χ1v) is 4.54. The predicted octanol–water partition coefficient (Wildman–Crippen LogP) is 1.70. The molecule has 0 aromatic carbocycles. The third kappa shape index (κ3) is 2.91. The highest BCUT2D eigenvalue weighted by Crippen LogP contribution is 2.19. The summed E-state index contributed by atoms with van der Waals surface area (Å²) >= 11 is 0. The van der Waals surface area contributed by atoms with Gasteiger partial charge in [0.05, 0.1) is 0 Å². The maximum absolute atomic E-state index is 11.3. The van der Waals surface area contributed by atoms with Crippen LogP contribution in [0.5, 0.6) is 0 Å². The Hall–Kier alpha value is -0.530. The molecular formula is C9H17NO. The molecule has 1 fully saturated rings. The van der Waals surface area contributed by atoms with Crippen LogP contribution in [0.4, 0.5) is 0 Å². The summed E-state index contributed by atoms with van der Waals surface area (Å²) in [4.78, 5) is 11.3. The Labute approximate surface area is 68.4 Å². The highest BCUT2D eigenvalue weighted by molar-refractivity contribution is 5.78. The van der Waals surface area contributed by atoms with Crippen LogP contribution in [0, 0.1) is 5.92 Å². The Morgan fingerprint density at radius 3 is 2.73 bits per heavy atom. The van der Waals surface area contributed by atoms with Crippen molar-refractivity contribution in [3.8, 4) is 0 Å². The van der Waals surface area contributed by atoms with Crippen molar-refractivity contribution in [2.75, 3.05) is 0 Å². The highest BCUT2D eigenvalue weighted by Gasteiger charge is 2.24. The molecule has 0 spiro atoms. The molecule has 1 aliphatic rings.